The van der Waals surface area contributed by atoms with Gasteiger partial charge in [-0.3, -0.25) is 24.1 Å². The fourth-order valence-corrected chi connectivity index (χ4v) is 4.41. The molecule has 170 valence electrons. The zero-order valence-corrected chi connectivity index (χ0v) is 17.8. The van der Waals surface area contributed by atoms with Crippen LogP contribution in [0.25, 0.3) is 0 Å². The van der Waals surface area contributed by atoms with Gasteiger partial charge in [0.2, 0.25) is 5.43 Å². The topological polar surface area (TPSA) is 94.9 Å². The van der Waals surface area contributed by atoms with Gasteiger partial charge in [-0.2, -0.15) is 0 Å². The second-order valence-corrected chi connectivity index (χ2v) is 8.04. The van der Waals surface area contributed by atoms with Crippen molar-refractivity contribution in [3.05, 3.63) is 63.1 Å². The molecule has 1 saturated heterocycles. The first kappa shape index (κ1) is 21.8. The number of aromatic nitrogens is 1. The van der Waals surface area contributed by atoms with Crippen LogP contribution in [-0.2, 0) is 6.54 Å². The van der Waals surface area contributed by atoms with Gasteiger partial charge in [0, 0.05) is 37.5 Å². The first-order chi connectivity index (χ1) is 15.3. The Bertz CT molecular complexity index is 1150. The summed E-state index contributed by atoms with van der Waals surface area (Å²) in [5.41, 5.74) is -1.49. The normalized spacial score (nSPS) is 19.7. The minimum absolute atomic E-state index is 0.0428. The average molecular weight is 446 g/mol. The second-order valence-electron chi connectivity index (χ2n) is 8.04. The van der Waals surface area contributed by atoms with Gasteiger partial charge < -0.3 is 15.3 Å². The molecule has 0 bridgehead atoms. The fraction of sp³-hybridized carbons (Fsp3) is 0.409. The van der Waals surface area contributed by atoms with Crippen LogP contribution in [0.2, 0.25) is 0 Å². The van der Waals surface area contributed by atoms with Gasteiger partial charge in [-0.05, 0) is 25.3 Å². The predicted molar refractivity (Wildman–Crippen MR) is 112 cm³/mol. The molecule has 2 aliphatic heterocycles. The Kier molecular flexibility index (Phi) is 5.62. The van der Waals surface area contributed by atoms with Crippen molar-refractivity contribution < 1.29 is 23.5 Å². The first-order valence-corrected chi connectivity index (χ1v) is 10.5. The van der Waals surface area contributed by atoms with E-state index in [1.165, 1.54) is 16.9 Å². The van der Waals surface area contributed by atoms with Gasteiger partial charge in [-0.15, -0.1) is 0 Å². The molecule has 1 aromatic carbocycles. The molecule has 8 nitrogen and oxygen atoms in total. The van der Waals surface area contributed by atoms with Crippen LogP contribution in [0, 0.1) is 17.6 Å². The van der Waals surface area contributed by atoms with Gasteiger partial charge in [0.1, 0.15) is 23.4 Å². The Labute approximate surface area is 183 Å². The number of rotatable bonds is 5. The Morgan fingerprint density at radius 3 is 2.66 bits per heavy atom. The van der Waals surface area contributed by atoms with E-state index in [4.69, 9.17) is 0 Å². The number of nitrogens with one attached hydrogen (secondary N) is 1. The number of carbonyl (C=O) groups excluding carboxylic acids is 2. The van der Waals surface area contributed by atoms with Crippen molar-refractivity contribution in [1.29, 1.82) is 0 Å². The molecule has 1 fully saturated rings. The molecule has 2 aromatic rings. The van der Waals surface area contributed by atoms with Crippen molar-refractivity contribution in [2.24, 2.45) is 5.92 Å². The maximum absolute atomic E-state index is 13.9. The van der Waals surface area contributed by atoms with Crippen molar-refractivity contribution in [2.75, 3.05) is 18.1 Å². The van der Waals surface area contributed by atoms with Crippen molar-refractivity contribution in [3.8, 4) is 5.75 Å². The molecule has 2 amide bonds. The second kappa shape index (κ2) is 8.25. The largest absolute Gasteiger partial charge is 0.502 e. The van der Waals surface area contributed by atoms with E-state index in [0.29, 0.717) is 25.1 Å². The van der Waals surface area contributed by atoms with E-state index < -0.39 is 34.6 Å². The molecule has 2 N–H and O–H groups in total. The van der Waals surface area contributed by atoms with E-state index in [9.17, 15) is 28.3 Å². The molecule has 32 heavy (non-hydrogen) atoms. The third kappa shape index (κ3) is 3.49. The van der Waals surface area contributed by atoms with Gasteiger partial charge in [0.25, 0.3) is 11.8 Å². The molecular formula is C22H24F2N4O4. The number of benzene rings is 1. The van der Waals surface area contributed by atoms with Crippen LogP contribution >= 0.6 is 0 Å². The van der Waals surface area contributed by atoms with E-state index in [1.807, 2.05) is 11.9 Å². The van der Waals surface area contributed by atoms with Crippen LogP contribution in [0.3, 0.4) is 0 Å². The lowest BCUT2D eigenvalue weighted by Crippen LogP contribution is -2.58. The molecule has 2 atom stereocenters. The lowest BCUT2D eigenvalue weighted by Gasteiger charge is -2.42. The molecule has 2 aliphatic rings. The van der Waals surface area contributed by atoms with Crippen molar-refractivity contribution in [2.45, 2.75) is 39.4 Å². The van der Waals surface area contributed by atoms with Crippen LogP contribution in [0.1, 0.15) is 53.1 Å². The van der Waals surface area contributed by atoms with Gasteiger partial charge in [-0.25, -0.2) is 8.78 Å². The molecule has 0 spiro atoms. The quantitative estimate of drug-likeness (QED) is 0.732. The number of hydrogen-bond donors (Lipinski definition) is 2. The summed E-state index contributed by atoms with van der Waals surface area (Å²) in [7, 11) is 0. The van der Waals surface area contributed by atoms with E-state index in [-0.39, 0.29) is 29.5 Å². The third-order valence-electron chi connectivity index (χ3n) is 6.22. The smallest absolute Gasteiger partial charge is 0.278 e. The summed E-state index contributed by atoms with van der Waals surface area (Å²) in [4.78, 5) is 40.1. The number of amides is 2. The molecule has 0 aliphatic carbocycles. The number of halogens is 2. The first-order valence-electron chi connectivity index (χ1n) is 10.5. The number of fused-ring (bicyclic) bond motifs is 3. The molecule has 0 saturated carbocycles. The molecule has 1 aromatic heterocycles. The standard InChI is InChI=1S/C22H24F2N4O4/c1-3-12-7-17-26(4-2)22(32)18-20(30)19(29)15(11-28(18)27(17)10-12)21(31)25-9-13-5-6-14(23)8-16(13)24/h5-6,8,11-12,17,30H,3-4,7,9-10H2,1-2H3,(H,25,31)/t12-,17+/m1/s1. The predicted octanol–water partition coefficient (Wildman–Crippen LogP) is 1.93. The Morgan fingerprint density at radius 2 is 2.00 bits per heavy atom. The number of nitrogens with zero attached hydrogens (tertiary/aromatic N) is 3. The highest BCUT2D eigenvalue weighted by molar-refractivity contribution is 5.99. The Morgan fingerprint density at radius 1 is 1.25 bits per heavy atom. The summed E-state index contributed by atoms with van der Waals surface area (Å²) in [6.07, 6.45) is 2.66. The summed E-state index contributed by atoms with van der Waals surface area (Å²) in [6, 6.07) is 2.95. The van der Waals surface area contributed by atoms with E-state index in [1.54, 1.807) is 4.90 Å². The molecule has 10 heteroatoms. The monoisotopic (exact) mass is 446 g/mol. The average Bonchev–Trinajstić information content (AvgIpc) is 3.19. The summed E-state index contributed by atoms with van der Waals surface area (Å²) < 4.78 is 28.3. The van der Waals surface area contributed by atoms with Gasteiger partial charge in [0.05, 0.1) is 0 Å². The molecule has 3 heterocycles. The van der Waals surface area contributed by atoms with Gasteiger partial charge >= 0.3 is 0 Å². The minimum atomic E-state index is -0.984. The minimum Gasteiger partial charge on any atom is -0.502 e. The van der Waals surface area contributed by atoms with Crippen LogP contribution in [-0.4, -0.2) is 45.8 Å². The van der Waals surface area contributed by atoms with E-state index in [0.717, 1.165) is 18.9 Å². The van der Waals surface area contributed by atoms with Gasteiger partial charge in [-0.1, -0.05) is 19.4 Å². The molecule has 4 rings (SSSR count). The summed E-state index contributed by atoms with van der Waals surface area (Å²) >= 11 is 0. The zero-order valence-electron chi connectivity index (χ0n) is 17.8. The SMILES string of the molecule is CC[C@@H]1C[C@H]2N(CC)C(=O)c3c(O)c(=O)c(C(=O)NCc4ccc(F)cc4F)cn3N2C1. The number of pyridine rings is 1. The fourth-order valence-electron chi connectivity index (χ4n) is 4.41. The lowest BCUT2D eigenvalue weighted by molar-refractivity contribution is 0.0603. The number of hydrogen-bond acceptors (Lipinski definition) is 5. The highest BCUT2D eigenvalue weighted by Gasteiger charge is 2.44. The van der Waals surface area contributed by atoms with Crippen molar-refractivity contribution >= 4 is 11.8 Å². The maximum Gasteiger partial charge on any atom is 0.278 e. The highest BCUT2D eigenvalue weighted by Crippen LogP contribution is 2.33. The molecule has 0 unspecified atom stereocenters. The van der Waals surface area contributed by atoms with Crippen LogP contribution < -0.4 is 15.8 Å². The highest BCUT2D eigenvalue weighted by atomic mass is 19.1. The van der Waals surface area contributed by atoms with Gasteiger partial charge in [0.15, 0.2) is 11.4 Å². The summed E-state index contributed by atoms with van der Waals surface area (Å²) in [5.74, 6) is -3.36. The summed E-state index contributed by atoms with van der Waals surface area (Å²) in [6.45, 7) is 4.62. The number of aromatic hydroxyl groups is 1. The van der Waals surface area contributed by atoms with Crippen LogP contribution in [0.4, 0.5) is 8.78 Å². The maximum atomic E-state index is 13.9. The molecule has 0 radical (unpaired) electrons. The Hall–Kier alpha value is -3.43. The van der Waals surface area contributed by atoms with E-state index in [2.05, 4.69) is 12.2 Å². The van der Waals surface area contributed by atoms with Crippen LogP contribution in [0.5, 0.6) is 5.75 Å². The Balaban J connectivity index is 1.69. The third-order valence-corrected chi connectivity index (χ3v) is 6.22. The van der Waals surface area contributed by atoms with Crippen LogP contribution in [0.15, 0.2) is 29.2 Å². The number of carbonyl (C=O) groups is 2. The molecular weight excluding hydrogens is 422 g/mol. The van der Waals surface area contributed by atoms with Crippen molar-refractivity contribution in [3.63, 3.8) is 0 Å². The van der Waals surface area contributed by atoms with E-state index >= 15 is 0 Å². The lowest BCUT2D eigenvalue weighted by atomic mass is 10.0. The van der Waals surface area contributed by atoms with Crippen molar-refractivity contribution in [1.82, 2.24) is 14.9 Å². The zero-order chi connectivity index (χ0) is 23.2. The summed E-state index contributed by atoms with van der Waals surface area (Å²) in [5, 5.41) is 14.9.